The van der Waals surface area contributed by atoms with Crippen LogP contribution in [0.15, 0.2) is 69.1 Å². The molecule has 1 aliphatic rings. The quantitative estimate of drug-likeness (QED) is 0.243. The van der Waals surface area contributed by atoms with Crippen LogP contribution in [-0.4, -0.2) is 70.9 Å². The molecule has 0 spiro atoms. The molecule has 54 heavy (non-hydrogen) atoms. The van der Waals surface area contributed by atoms with Gasteiger partial charge in [0.05, 0.1) is 41.2 Å². The molecule has 288 valence electrons. The number of urea groups is 1. The minimum Gasteiger partial charge on any atom is -0.459 e. The summed E-state index contributed by atoms with van der Waals surface area (Å²) in [6.45, 7) is 7.18. The van der Waals surface area contributed by atoms with Gasteiger partial charge in [-0.3, -0.25) is 14.7 Å². The Morgan fingerprint density at radius 2 is 1.59 bits per heavy atom. The van der Waals surface area contributed by atoms with Gasteiger partial charge in [-0.1, -0.05) is 23.7 Å². The van der Waals surface area contributed by atoms with Gasteiger partial charge in [-0.15, -0.1) is 0 Å². The Balaban J connectivity index is 0.000000241. The Labute approximate surface area is 309 Å². The topological polar surface area (TPSA) is 207 Å². The first kappa shape index (κ1) is 41.2. The van der Waals surface area contributed by atoms with Crippen molar-refractivity contribution < 1.29 is 50.2 Å². The molecule has 0 bridgehead atoms. The zero-order valence-corrected chi connectivity index (χ0v) is 30.6. The SMILES string of the molecule is CC(C)OC(=O)c1cc(-n2c(=O)cc(C(F)(F)F)n(C)c2=O)ccc1Cl.Cc1cc(C)nc(NC(=O)NS(=O)(=O)c2ccccc2C(=O)OC2COC2)n1. The Kier molecular flexibility index (Phi) is 12.7. The van der Waals surface area contributed by atoms with Crippen molar-refractivity contribution in [2.24, 2.45) is 7.05 Å². The molecule has 21 heteroatoms. The summed E-state index contributed by atoms with van der Waals surface area (Å²) in [5, 5.41) is 2.27. The van der Waals surface area contributed by atoms with Gasteiger partial charge in [0.25, 0.3) is 15.6 Å². The standard InChI is InChI=1S/C17H18N4O6S.C16H14ClF3N2O4/c1-10-7-11(2)19-16(18-10)20-17(23)21-28(24,25)14-6-4-3-5-13(14)15(22)27-12-8-26-9-12;1-8(2)26-14(24)10-6-9(4-5-11(10)17)22-13(23)7-12(16(18,19)20)21(3)15(22)25/h3-7,12H,8-9H2,1-2H3,(H2,18,19,20,21,23);4-8H,1-3H3. The summed E-state index contributed by atoms with van der Waals surface area (Å²) in [7, 11) is -3.46. The summed E-state index contributed by atoms with van der Waals surface area (Å²) in [4.78, 5) is 68.5. The van der Waals surface area contributed by atoms with Crippen LogP contribution in [0.2, 0.25) is 5.02 Å². The number of aromatic nitrogens is 4. The Morgan fingerprint density at radius 3 is 2.17 bits per heavy atom. The summed E-state index contributed by atoms with van der Waals surface area (Å²) < 4.78 is 81.7. The molecule has 1 fully saturated rings. The van der Waals surface area contributed by atoms with Crippen LogP contribution in [-0.2, 0) is 37.5 Å². The van der Waals surface area contributed by atoms with Gasteiger partial charge in [0.2, 0.25) is 5.95 Å². The maximum Gasteiger partial charge on any atom is 0.431 e. The van der Waals surface area contributed by atoms with E-state index in [1.54, 1.807) is 33.8 Å². The summed E-state index contributed by atoms with van der Waals surface area (Å²) in [6, 6.07) is 10.00. The van der Waals surface area contributed by atoms with Crippen molar-refractivity contribution in [3.63, 3.8) is 0 Å². The molecule has 5 rings (SSSR count). The lowest BCUT2D eigenvalue weighted by atomic mass is 10.2. The van der Waals surface area contributed by atoms with Gasteiger partial charge in [-0.2, -0.15) is 13.2 Å². The number of hydrogen-bond donors (Lipinski definition) is 2. The number of nitrogens with one attached hydrogen (secondary N) is 2. The molecule has 2 aromatic carbocycles. The second kappa shape index (κ2) is 16.6. The number of sulfonamides is 1. The molecule has 0 aliphatic carbocycles. The fourth-order valence-corrected chi connectivity index (χ4v) is 5.97. The maximum atomic E-state index is 12.9. The molecular formula is C33H32ClF3N6O10S. The largest absolute Gasteiger partial charge is 0.459 e. The minimum atomic E-state index is -4.86. The molecule has 0 saturated carbocycles. The van der Waals surface area contributed by atoms with E-state index < -0.39 is 63.3 Å². The fraction of sp³-hybridized carbons (Fsp3) is 0.303. The van der Waals surface area contributed by atoms with Crippen molar-refractivity contribution in [3.05, 3.63) is 109 Å². The smallest absolute Gasteiger partial charge is 0.431 e. The van der Waals surface area contributed by atoms with Crippen LogP contribution in [0.25, 0.3) is 5.69 Å². The molecule has 2 N–H and O–H groups in total. The molecule has 4 aromatic rings. The van der Waals surface area contributed by atoms with Gasteiger partial charge in [0.15, 0.2) is 0 Å². The number of rotatable bonds is 8. The van der Waals surface area contributed by atoms with E-state index in [2.05, 4.69) is 15.3 Å². The van der Waals surface area contributed by atoms with Gasteiger partial charge in [-0.25, -0.2) is 46.9 Å². The number of nitrogens with zero attached hydrogens (tertiary/aromatic N) is 4. The van der Waals surface area contributed by atoms with Crippen molar-refractivity contribution in [2.75, 3.05) is 18.5 Å². The van der Waals surface area contributed by atoms with E-state index in [0.29, 0.717) is 26.6 Å². The number of aryl methyl sites for hydroxylation is 2. The fourth-order valence-electron chi connectivity index (χ4n) is 4.67. The second-order valence-electron chi connectivity index (χ2n) is 11.8. The predicted molar refractivity (Wildman–Crippen MR) is 185 cm³/mol. The lowest BCUT2D eigenvalue weighted by Gasteiger charge is -2.25. The first-order chi connectivity index (χ1) is 25.2. The van der Waals surface area contributed by atoms with Crippen molar-refractivity contribution >= 4 is 45.5 Å². The molecule has 3 heterocycles. The number of carbonyl (C=O) groups excluding carboxylic acids is 3. The van der Waals surface area contributed by atoms with Gasteiger partial charge in [0.1, 0.15) is 16.7 Å². The van der Waals surface area contributed by atoms with Crippen LogP contribution in [0.3, 0.4) is 0 Å². The number of alkyl halides is 3. The number of esters is 2. The third kappa shape index (κ3) is 10.1. The molecule has 1 aliphatic heterocycles. The lowest BCUT2D eigenvalue weighted by Crippen LogP contribution is -2.40. The first-order valence-electron chi connectivity index (χ1n) is 15.6. The first-order valence-corrected chi connectivity index (χ1v) is 17.5. The van der Waals surface area contributed by atoms with E-state index in [0.717, 1.165) is 13.1 Å². The van der Waals surface area contributed by atoms with E-state index in [-0.39, 0.29) is 45.9 Å². The molecule has 1 saturated heterocycles. The monoisotopic (exact) mass is 796 g/mol. The van der Waals surface area contributed by atoms with Crippen LogP contribution in [0.5, 0.6) is 0 Å². The predicted octanol–water partition coefficient (Wildman–Crippen LogP) is 3.93. The summed E-state index contributed by atoms with van der Waals surface area (Å²) in [5.74, 6) is -1.64. The highest BCUT2D eigenvalue weighted by molar-refractivity contribution is 7.90. The molecule has 2 aromatic heterocycles. The van der Waals surface area contributed by atoms with Crippen LogP contribution in [0.4, 0.5) is 23.9 Å². The van der Waals surface area contributed by atoms with Crippen molar-refractivity contribution in [1.29, 1.82) is 0 Å². The van der Waals surface area contributed by atoms with Crippen LogP contribution < -0.4 is 21.3 Å². The van der Waals surface area contributed by atoms with Crippen LogP contribution >= 0.6 is 11.6 Å². The van der Waals surface area contributed by atoms with Gasteiger partial charge in [-0.05, 0) is 64.1 Å². The van der Waals surface area contributed by atoms with Gasteiger partial charge < -0.3 is 14.2 Å². The highest BCUT2D eigenvalue weighted by atomic mass is 35.5. The average Bonchev–Trinajstić information content (AvgIpc) is 3.03. The number of hydrogen-bond acceptors (Lipinski definition) is 12. The Hall–Kier alpha value is -5.60. The van der Waals surface area contributed by atoms with E-state index in [1.165, 1.54) is 36.4 Å². The highest BCUT2D eigenvalue weighted by Crippen LogP contribution is 2.27. The number of halogens is 4. The molecule has 2 amide bonds. The van der Waals surface area contributed by atoms with Gasteiger partial charge in [0, 0.05) is 24.5 Å². The average molecular weight is 797 g/mol. The third-order valence-corrected chi connectivity index (χ3v) is 8.81. The molecule has 0 unspecified atom stereocenters. The maximum absolute atomic E-state index is 12.9. The minimum absolute atomic E-state index is 0.0104. The normalized spacial score (nSPS) is 12.9. The summed E-state index contributed by atoms with van der Waals surface area (Å²) in [5.41, 5.74) is -2.97. The number of benzene rings is 2. The zero-order chi connectivity index (χ0) is 40.1. The van der Waals surface area contributed by atoms with E-state index in [1.807, 2.05) is 4.72 Å². The molecule has 0 atom stereocenters. The highest BCUT2D eigenvalue weighted by Gasteiger charge is 2.35. The molecule has 16 nitrogen and oxygen atoms in total. The Bertz CT molecular complexity index is 2310. The lowest BCUT2D eigenvalue weighted by molar-refractivity contribution is -0.144. The second-order valence-corrected chi connectivity index (χ2v) is 13.8. The summed E-state index contributed by atoms with van der Waals surface area (Å²) >= 11 is 5.94. The molecule has 0 radical (unpaired) electrons. The zero-order valence-electron chi connectivity index (χ0n) is 29.1. The van der Waals surface area contributed by atoms with E-state index in [9.17, 15) is 45.6 Å². The number of amides is 2. The third-order valence-electron chi connectivity index (χ3n) is 7.09. The van der Waals surface area contributed by atoms with E-state index >= 15 is 0 Å². The number of ether oxygens (including phenoxy) is 3. The van der Waals surface area contributed by atoms with Crippen molar-refractivity contribution in [3.8, 4) is 5.69 Å². The van der Waals surface area contributed by atoms with Crippen molar-refractivity contribution in [1.82, 2.24) is 23.8 Å². The number of carbonyl (C=O) groups is 3. The van der Waals surface area contributed by atoms with Gasteiger partial charge >= 0.3 is 29.8 Å². The van der Waals surface area contributed by atoms with Crippen molar-refractivity contribution in [2.45, 2.75) is 51.0 Å². The molecular weight excluding hydrogens is 765 g/mol. The van der Waals surface area contributed by atoms with Crippen LogP contribution in [0, 0.1) is 13.8 Å². The van der Waals surface area contributed by atoms with Crippen LogP contribution in [0.1, 0.15) is 51.6 Å². The number of anilines is 1. The summed E-state index contributed by atoms with van der Waals surface area (Å²) in [6.07, 6.45) is -5.72. The Morgan fingerprint density at radius 1 is 0.963 bits per heavy atom. The van der Waals surface area contributed by atoms with E-state index in [4.69, 9.17) is 25.8 Å².